The lowest BCUT2D eigenvalue weighted by molar-refractivity contribution is 0.208. The zero-order valence-electron chi connectivity index (χ0n) is 11.4. The Morgan fingerprint density at radius 1 is 1.30 bits per heavy atom. The van der Waals surface area contributed by atoms with Gasteiger partial charge in [-0.05, 0) is 25.0 Å². The molecule has 0 saturated carbocycles. The number of nitrogens with zero attached hydrogens (tertiary/aromatic N) is 1. The van der Waals surface area contributed by atoms with Crippen molar-refractivity contribution in [2.24, 2.45) is 0 Å². The van der Waals surface area contributed by atoms with Gasteiger partial charge in [0.05, 0.1) is 0 Å². The van der Waals surface area contributed by atoms with E-state index in [4.69, 9.17) is 11.6 Å². The Morgan fingerprint density at radius 3 is 2.55 bits per heavy atom. The summed E-state index contributed by atoms with van der Waals surface area (Å²) < 4.78 is 0. The molecule has 0 unspecified atom stereocenters. The van der Waals surface area contributed by atoms with E-state index in [0.717, 1.165) is 38.2 Å². The monoisotopic (exact) mass is 293 g/mol. The number of amides is 2. The second-order valence-electron chi connectivity index (χ2n) is 5.03. The second-order valence-corrected chi connectivity index (χ2v) is 5.57. The Hall–Kier alpha value is -1.52. The van der Waals surface area contributed by atoms with Gasteiger partial charge in [-0.1, -0.05) is 36.4 Å². The fourth-order valence-electron chi connectivity index (χ4n) is 2.35. The average Bonchev–Trinajstić information content (AvgIpc) is 2.41. The zero-order chi connectivity index (χ0) is 14.4. The number of likely N-dealkylation sites (tertiary alicyclic amines) is 1. The molecule has 0 aliphatic carbocycles. The van der Waals surface area contributed by atoms with E-state index in [2.05, 4.69) is 22.1 Å². The normalized spacial score (nSPS) is 16.6. The van der Waals surface area contributed by atoms with E-state index in [0.29, 0.717) is 5.03 Å². The largest absolute Gasteiger partial charge is 0.335 e. The fourth-order valence-corrected chi connectivity index (χ4v) is 2.52. The van der Waals surface area contributed by atoms with Crippen molar-refractivity contribution < 1.29 is 4.79 Å². The Kier molecular flexibility index (Phi) is 5.44. The summed E-state index contributed by atoms with van der Waals surface area (Å²) in [6.45, 7) is 6.30. The highest BCUT2D eigenvalue weighted by molar-refractivity contribution is 6.29. The van der Waals surface area contributed by atoms with Crippen LogP contribution >= 0.6 is 11.6 Å². The minimum Gasteiger partial charge on any atom is -0.335 e. The molecular weight excluding hydrogens is 274 g/mol. The van der Waals surface area contributed by atoms with E-state index in [9.17, 15) is 4.79 Å². The van der Waals surface area contributed by atoms with E-state index in [1.165, 1.54) is 0 Å². The van der Waals surface area contributed by atoms with Crippen LogP contribution in [0.5, 0.6) is 0 Å². The SMILES string of the molecule is C=C(Cl)CN1CCC(NC(=O)Nc2ccccc2)CC1. The molecule has 2 amide bonds. The maximum atomic E-state index is 11.9. The second kappa shape index (κ2) is 7.31. The lowest BCUT2D eigenvalue weighted by Gasteiger charge is -2.32. The van der Waals surface area contributed by atoms with Gasteiger partial charge in [0, 0.05) is 36.4 Å². The third-order valence-electron chi connectivity index (χ3n) is 3.35. The van der Waals surface area contributed by atoms with Crippen LogP contribution < -0.4 is 10.6 Å². The molecule has 0 aromatic heterocycles. The van der Waals surface area contributed by atoms with Crippen LogP contribution in [0.4, 0.5) is 10.5 Å². The van der Waals surface area contributed by atoms with Crippen LogP contribution in [0.3, 0.4) is 0 Å². The molecular formula is C15H20ClN3O. The van der Waals surface area contributed by atoms with Gasteiger partial charge in [-0.2, -0.15) is 0 Å². The van der Waals surface area contributed by atoms with Crippen molar-refractivity contribution >= 4 is 23.3 Å². The summed E-state index contributed by atoms with van der Waals surface area (Å²) in [4.78, 5) is 14.1. The standard InChI is InChI=1S/C15H20ClN3O/c1-12(16)11-19-9-7-14(8-10-19)18-15(20)17-13-5-3-2-4-6-13/h2-6,14H,1,7-11H2,(H2,17,18,20). The molecule has 1 fully saturated rings. The van der Waals surface area contributed by atoms with Crippen molar-refractivity contribution in [2.75, 3.05) is 25.0 Å². The van der Waals surface area contributed by atoms with Crippen LogP contribution in [-0.2, 0) is 0 Å². The average molecular weight is 294 g/mol. The van der Waals surface area contributed by atoms with E-state index < -0.39 is 0 Å². The van der Waals surface area contributed by atoms with Crippen molar-refractivity contribution in [1.29, 1.82) is 0 Å². The van der Waals surface area contributed by atoms with Crippen molar-refractivity contribution in [3.8, 4) is 0 Å². The minimum absolute atomic E-state index is 0.142. The smallest absolute Gasteiger partial charge is 0.319 e. The van der Waals surface area contributed by atoms with Crippen molar-refractivity contribution in [2.45, 2.75) is 18.9 Å². The van der Waals surface area contributed by atoms with Gasteiger partial charge >= 0.3 is 6.03 Å². The van der Waals surface area contributed by atoms with Crippen molar-refractivity contribution in [3.63, 3.8) is 0 Å². The van der Waals surface area contributed by atoms with Gasteiger partial charge in [0.25, 0.3) is 0 Å². The summed E-state index contributed by atoms with van der Waals surface area (Å²) in [5.41, 5.74) is 0.806. The van der Waals surface area contributed by atoms with Gasteiger partial charge < -0.3 is 10.6 Å². The Labute approximate surface area is 124 Å². The first kappa shape index (κ1) is 14.9. The Bertz CT molecular complexity index is 455. The minimum atomic E-state index is -0.142. The van der Waals surface area contributed by atoms with Crippen LogP contribution in [0.15, 0.2) is 41.9 Å². The number of hydrogen-bond donors (Lipinski definition) is 2. The van der Waals surface area contributed by atoms with E-state index in [-0.39, 0.29) is 12.1 Å². The molecule has 1 aromatic carbocycles. The van der Waals surface area contributed by atoms with Crippen LogP contribution in [0.1, 0.15) is 12.8 Å². The molecule has 108 valence electrons. The molecule has 20 heavy (non-hydrogen) atoms. The third-order valence-corrected chi connectivity index (χ3v) is 3.47. The number of carbonyl (C=O) groups excluding carboxylic acids is 1. The summed E-state index contributed by atoms with van der Waals surface area (Å²) >= 11 is 5.81. The summed E-state index contributed by atoms with van der Waals surface area (Å²) in [7, 11) is 0. The van der Waals surface area contributed by atoms with E-state index in [1.807, 2.05) is 30.3 Å². The highest BCUT2D eigenvalue weighted by Crippen LogP contribution is 2.13. The molecule has 1 saturated heterocycles. The zero-order valence-corrected chi connectivity index (χ0v) is 12.2. The van der Waals surface area contributed by atoms with E-state index in [1.54, 1.807) is 0 Å². The lowest BCUT2D eigenvalue weighted by atomic mass is 10.1. The predicted molar refractivity (Wildman–Crippen MR) is 83.1 cm³/mol. The van der Waals surface area contributed by atoms with Gasteiger partial charge in [-0.3, -0.25) is 4.90 Å². The molecule has 2 N–H and O–H groups in total. The number of anilines is 1. The fraction of sp³-hybridized carbons (Fsp3) is 0.400. The van der Waals surface area contributed by atoms with Gasteiger partial charge in [-0.15, -0.1) is 0 Å². The van der Waals surface area contributed by atoms with Gasteiger partial charge in [0.15, 0.2) is 0 Å². The topological polar surface area (TPSA) is 44.4 Å². The van der Waals surface area contributed by atoms with E-state index >= 15 is 0 Å². The molecule has 0 spiro atoms. The number of urea groups is 1. The number of rotatable bonds is 4. The van der Waals surface area contributed by atoms with Crippen LogP contribution in [0.2, 0.25) is 0 Å². The maximum absolute atomic E-state index is 11.9. The quantitative estimate of drug-likeness (QED) is 0.896. The highest BCUT2D eigenvalue weighted by atomic mass is 35.5. The first-order chi connectivity index (χ1) is 9.63. The number of carbonyl (C=O) groups is 1. The molecule has 0 bridgehead atoms. The summed E-state index contributed by atoms with van der Waals surface area (Å²) in [6, 6.07) is 9.53. The molecule has 1 heterocycles. The maximum Gasteiger partial charge on any atom is 0.319 e. The summed E-state index contributed by atoms with van der Waals surface area (Å²) in [5.74, 6) is 0. The van der Waals surface area contributed by atoms with Gasteiger partial charge in [0.1, 0.15) is 0 Å². The molecule has 5 heteroatoms. The number of benzene rings is 1. The summed E-state index contributed by atoms with van der Waals surface area (Å²) in [5, 5.41) is 6.51. The first-order valence-electron chi connectivity index (χ1n) is 6.81. The highest BCUT2D eigenvalue weighted by Gasteiger charge is 2.20. The summed E-state index contributed by atoms with van der Waals surface area (Å²) in [6.07, 6.45) is 1.87. The molecule has 1 aliphatic rings. The molecule has 1 aromatic rings. The van der Waals surface area contributed by atoms with Crippen molar-refractivity contribution in [1.82, 2.24) is 10.2 Å². The molecule has 4 nitrogen and oxygen atoms in total. The predicted octanol–water partition coefficient (Wildman–Crippen LogP) is 3.03. The van der Waals surface area contributed by atoms with Crippen LogP contribution in [0, 0.1) is 0 Å². The Morgan fingerprint density at radius 2 is 1.95 bits per heavy atom. The molecule has 0 radical (unpaired) electrons. The molecule has 2 rings (SSSR count). The molecule has 0 atom stereocenters. The van der Waals surface area contributed by atoms with Crippen LogP contribution in [0.25, 0.3) is 0 Å². The number of nitrogens with one attached hydrogen (secondary N) is 2. The van der Waals surface area contributed by atoms with Gasteiger partial charge in [0.2, 0.25) is 0 Å². The number of hydrogen-bond acceptors (Lipinski definition) is 2. The lowest BCUT2D eigenvalue weighted by Crippen LogP contribution is -2.46. The number of para-hydroxylation sites is 1. The molecule has 1 aliphatic heterocycles. The number of halogens is 1. The number of piperidine rings is 1. The van der Waals surface area contributed by atoms with Gasteiger partial charge in [-0.25, -0.2) is 4.79 Å². The third kappa shape index (κ3) is 4.87. The first-order valence-corrected chi connectivity index (χ1v) is 7.19. The Balaban J connectivity index is 1.72. The van der Waals surface area contributed by atoms with Crippen molar-refractivity contribution in [3.05, 3.63) is 41.9 Å². The van der Waals surface area contributed by atoms with Crippen LogP contribution in [-0.4, -0.2) is 36.6 Å².